The number of rotatable bonds is 3. The van der Waals surface area contributed by atoms with Gasteiger partial charge in [-0.3, -0.25) is 0 Å². The number of hydrogen-bond donors (Lipinski definition) is 0. The number of carbonyl (C=O) groups is 1. The number of carbonyl (C=O) groups excluding carboxylic acids is 1. The Morgan fingerprint density at radius 3 is 2.94 bits per heavy atom. The van der Waals surface area contributed by atoms with Gasteiger partial charge in [0, 0.05) is 0 Å². The molecule has 4 nitrogen and oxygen atoms in total. The van der Waals surface area contributed by atoms with Crippen molar-refractivity contribution in [2.24, 2.45) is 0 Å². The zero-order valence-electron chi connectivity index (χ0n) is 8.84. The molecule has 2 aromatic rings. The summed E-state index contributed by atoms with van der Waals surface area (Å²) in [7, 11) is 0. The van der Waals surface area contributed by atoms with Crippen molar-refractivity contribution in [1.82, 2.24) is 4.98 Å². The van der Waals surface area contributed by atoms with Crippen molar-refractivity contribution >= 4 is 5.97 Å². The van der Waals surface area contributed by atoms with E-state index < -0.39 is 0 Å². The summed E-state index contributed by atoms with van der Waals surface area (Å²) in [6.07, 6.45) is 3.01. The molecule has 0 N–H and O–H groups in total. The van der Waals surface area contributed by atoms with Crippen LogP contribution >= 0.6 is 0 Å². The van der Waals surface area contributed by atoms with Gasteiger partial charge < -0.3 is 9.15 Å². The molecule has 4 heteroatoms. The summed E-state index contributed by atoms with van der Waals surface area (Å²) in [6.45, 7) is 2.12. The molecule has 0 aliphatic rings. The highest BCUT2D eigenvalue weighted by molar-refractivity contribution is 5.96. The van der Waals surface area contributed by atoms with E-state index in [0.717, 1.165) is 0 Å². The van der Waals surface area contributed by atoms with Crippen LogP contribution in [0.25, 0.3) is 11.5 Å². The first-order valence-corrected chi connectivity index (χ1v) is 4.99. The van der Waals surface area contributed by atoms with Crippen molar-refractivity contribution in [1.29, 1.82) is 0 Å². The Kier molecular flexibility index (Phi) is 3.00. The Balaban J connectivity index is 2.42. The van der Waals surface area contributed by atoms with Crippen molar-refractivity contribution < 1.29 is 13.9 Å². The zero-order chi connectivity index (χ0) is 11.4. The molecule has 1 aromatic carbocycles. The topological polar surface area (TPSA) is 52.3 Å². The van der Waals surface area contributed by atoms with Gasteiger partial charge >= 0.3 is 5.97 Å². The minimum Gasteiger partial charge on any atom is -0.462 e. The number of aromatic nitrogens is 1. The molecule has 0 atom stereocenters. The molecular formula is C12H11NO3. The second-order valence-electron chi connectivity index (χ2n) is 3.10. The van der Waals surface area contributed by atoms with Crippen molar-refractivity contribution in [2.45, 2.75) is 6.92 Å². The largest absolute Gasteiger partial charge is 0.462 e. The molecule has 0 spiro atoms. The first kappa shape index (κ1) is 10.4. The summed E-state index contributed by atoms with van der Waals surface area (Å²) in [4.78, 5) is 15.7. The molecular weight excluding hydrogens is 206 g/mol. The molecule has 16 heavy (non-hydrogen) atoms. The SMILES string of the molecule is CCOC(=O)c1ccccc1-c1ncco1. The molecule has 1 aromatic heterocycles. The quantitative estimate of drug-likeness (QED) is 0.741. The molecule has 0 aliphatic carbocycles. The predicted molar refractivity (Wildman–Crippen MR) is 57.9 cm³/mol. The molecule has 82 valence electrons. The standard InChI is InChI=1S/C12H11NO3/c1-2-15-12(14)10-6-4-3-5-9(10)11-13-7-8-16-11/h3-8H,2H2,1H3. The van der Waals surface area contributed by atoms with Crippen LogP contribution in [0.1, 0.15) is 17.3 Å². The maximum absolute atomic E-state index is 11.7. The summed E-state index contributed by atoms with van der Waals surface area (Å²) in [5, 5.41) is 0. The predicted octanol–water partition coefficient (Wildman–Crippen LogP) is 2.52. The molecule has 0 aliphatic heterocycles. The van der Waals surface area contributed by atoms with Crippen molar-refractivity contribution in [3.8, 4) is 11.5 Å². The zero-order valence-corrected chi connectivity index (χ0v) is 8.84. The van der Waals surface area contributed by atoms with Crippen LogP contribution in [0.3, 0.4) is 0 Å². The lowest BCUT2D eigenvalue weighted by Crippen LogP contribution is -2.06. The fourth-order valence-corrected chi connectivity index (χ4v) is 1.41. The van der Waals surface area contributed by atoms with Crippen LogP contribution in [0, 0.1) is 0 Å². The smallest absolute Gasteiger partial charge is 0.338 e. The van der Waals surface area contributed by atoms with E-state index in [-0.39, 0.29) is 5.97 Å². The lowest BCUT2D eigenvalue weighted by Gasteiger charge is -2.05. The molecule has 0 amide bonds. The Hall–Kier alpha value is -2.10. The van der Waals surface area contributed by atoms with Gasteiger partial charge in [0.25, 0.3) is 0 Å². The van der Waals surface area contributed by atoms with Gasteiger partial charge in [-0.05, 0) is 19.1 Å². The van der Waals surface area contributed by atoms with Gasteiger partial charge in [-0.25, -0.2) is 9.78 Å². The van der Waals surface area contributed by atoms with Gasteiger partial charge in [0.2, 0.25) is 5.89 Å². The summed E-state index contributed by atoms with van der Waals surface area (Å²) >= 11 is 0. The maximum Gasteiger partial charge on any atom is 0.338 e. The fourth-order valence-electron chi connectivity index (χ4n) is 1.41. The minimum absolute atomic E-state index is 0.346. The van der Waals surface area contributed by atoms with Crippen LogP contribution in [0.5, 0.6) is 0 Å². The van der Waals surface area contributed by atoms with Gasteiger partial charge in [0.05, 0.1) is 23.9 Å². The van der Waals surface area contributed by atoms with E-state index in [1.807, 2.05) is 6.07 Å². The average molecular weight is 217 g/mol. The van der Waals surface area contributed by atoms with E-state index in [0.29, 0.717) is 23.6 Å². The summed E-state index contributed by atoms with van der Waals surface area (Å²) in [5.41, 5.74) is 1.11. The molecule has 0 bridgehead atoms. The third kappa shape index (κ3) is 1.95. The summed E-state index contributed by atoms with van der Waals surface area (Å²) < 4.78 is 10.1. The highest BCUT2D eigenvalue weighted by Crippen LogP contribution is 2.22. The number of nitrogens with zero attached hydrogens (tertiary/aromatic N) is 1. The Morgan fingerprint density at radius 1 is 1.44 bits per heavy atom. The van der Waals surface area contributed by atoms with Crippen LogP contribution in [0.4, 0.5) is 0 Å². The van der Waals surface area contributed by atoms with E-state index in [1.54, 1.807) is 25.1 Å². The molecule has 2 rings (SSSR count). The Labute approximate surface area is 92.9 Å². The monoisotopic (exact) mass is 217 g/mol. The van der Waals surface area contributed by atoms with E-state index in [1.165, 1.54) is 12.5 Å². The number of esters is 1. The van der Waals surface area contributed by atoms with Gasteiger partial charge in [-0.1, -0.05) is 12.1 Å². The molecule has 0 radical (unpaired) electrons. The van der Waals surface area contributed by atoms with Crippen LogP contribution < -0.4 is 0 Å². The van der Waals surface area contributed by atoms with Crippen molar-refractivity contribution in [3.05, 3.63) is 42.3 Å². The molecule has 0 saturated heterocycles. The third-order valence-corrected chi connectivity index (χ3v) is 2.09. The van der Waals surface area contributed by atoms with Crippen molar-refractivity contribution in [3.63, 3.8) is 0 Å². The normalized spacial score (nSPS) is 10.1. The van der Waals surface area contributed by atoms with Gasteiger partial charge in [0.1, 0.15) is 6.26 Å². The van der Waals surface area contributed by atoms with Gasteiger partial charge in [-0.2, -0.15) is 0 Å². The second kappa shape index (κ2) is 4.61. The molecule has 0 fully saturated rings. The number of hydrogen-bond acceptors (Lipinski definition) is 4. The van der Waals surface area contributed by atoms with E-state index in [4.69, 9.17) is 9.15 Å². The van der Waals surface area contributed by atoms with E-state index in [9.17, 15) is 4.79 Å². The van der Waals surface area contributed by atoms with Crippen LogP contribution in [0.15, 0.2) is 41.1 Å². The van der Waals surface area contributed by atoms with Crippen LogP contribution in [-0.2, 0) is 4.74 Å². The minimum atomic E-state index is -0.365. The average Bonchev–Trinajstić information content (AvgIpc) is 2.83. The van der Waals surface area contributed by atoms with E-state index in [2.05, 4.69) is 4.98 Å². The lowest BCUT2D eigenvalue weighted by molar-refractivity contribution is 0.0527. The third-order valence-electron chi connectivity index (χ3n) is 2.09. The lowest BCUT2D eigenvalue weighted by atomic mass is 10.1. The first-order chi connectivity index (χ1) is 7.83. The van der Waals surface area contributed by atoms with Crippen molar-refractivity contribution in [2.75, 3.05) is 6.61 Å². The molecule has 0 saturated carbocycles. The highest BCUT2D eigenvalue weighted by Gasteiger charge is 2.15. The molecule has 0 unspecified atom stereocenters. The molecule has 1 heterocycles. The van der Waals surface area contributed by atoms with Crippen LogP contribution in [-0.4, -0.2) is 17.6 Å². The van der Waals surface area contributed by atoms with Gasteiger partial charge in [0.15, 0.2) is 0 Å². The second-order valence-corrected chi connectivity index (χ2v) is 3.10. The number of oxazole rings is 1. The Morgan fingerprint density at radius 2 is 2.25 bits per heavy atom. The fraction of sp³-hybridized carbons (Fsp3) is 0.167. The summed E-state index contributed by atoms with van der Waals surface area (Å²) in [5.74, 6) is 0.0555. The first-order valence-electron chi connectivity index (χ1n) is 4.99. The summed E-state index contributed by atoms with van der Waals surface area (Å²) in [6, 6.07) is 7.07. The maximum atomic E-state index is 11.7. The van der Waals surface area contributed by atoms with Gasteiger partial charge in [-0.15, -0.1) is 0 Å². The Bertz CT molecular complexity index is 477. The van der Waals surface area contributed by atoms with E-state index >= 15 is 0 Å². The van der Waals surface area contributed by atoms with Crippen LogP contribution in [0.2, 0.25) is 0 Å². The highest BCUT2D eigenvalue weighted by atomic mass is 16.5. The number of benzene rings is 1. The number of ether oxygens (including phenoxy) is 1.